The van der Waals surface area contributed by atoms with Crippen LogP contribution in [0.4, 0.5) is 4.39 Å². The van der Waals surface area contributed by atoms with Crippen molar-refractivity contribution >= 4 is 10.3 Å². The van der Waals surface area contributed by atoms with Crippen LogP contribution in [-0.2, 0) is 10.3 Å². The van der Waals surface area contributed by atoms with Gasteiger partial charge in [0.05, 0.1) is 0 Å². The SMILES string of the molecule is Cc1cc(F)cc(OS(N)(=O)=O)c1. The van der Waals surface area contributed by atoms with Crippen molar-refractivity contribution in [2.45, 2.75) is 6.92 Å². The molecule has 0 spiro atoms. The number of hydrogen-bond donors (Lipinski definition) is 1. The van der Waals surface area contributed by atoms with E-state index in [0.29, 0.717) is 5.56 Å². The first-order chi connectivity index (χ1) is 5.87. The van der Waals surface area contributed by atoms with Crippen LogP contribution in [0.5, 0.6) is 5.75 Å². The van der Waals surface area contributed by atoms with Gasteiger partial charge in [-0.3, -0.25) is 0 Å². The van der Waals surface area contributed by atoms with E-state index in [1.807, 2.05) is 0 Å². The normalized spacial score (nSPS) is 11.3. The van der Waals surface area contributed by atoms with E-state index in [-0.39, 0.29) is 5.75 Å². The summed E-state index contributed by atoms with van der Waals surface area (Å²) in [5.74, 6) is -0.696. The second-order valence-corrected chi connectivity index (χ2v) is 3.69. The lowest BCUT2D eigenvalue weighted by atomic mass is 10.2. The molecule has 6 heteroatoms. The maximum Gasteiger partial charge on any atom is 0.380 e. The Morgan fingerprint density at radius 1 is 1.38 bits per heavy atom. The van der Waals surface area contributed by atoms with Crippen LogP contribution in [0.1, 0.15) is 5.56 Å². The molecule has 0 heterocycles. The quantitative estimate of drug-likeness (QED) is 0.773. The maximum absolute atomic E-state index is 12.7. The van der Waals surface area contributed by atoms with E-state index in [4.69, 9.17) is 0 Å². The molecule has 0 aliphatic rings. The van der Waals surface area contributed by atoms with Gasteiger partial charge in [-0.2, -0.15) is 13.6 Å². The molecule has 0 radical (unpaired) electrons. The van der Waals surface area contributed by atoms with Crippen molar-refractivity contribution in [3.8, 4) is 5.75 Å². The molecule has 0 unspecified atom stereocenters. The molecule has 0 aliphatic carbocycles. The Bertz CT molecular complexity index is 395. The van der Waals surface area contributed by atoms with Crippen molar-refractivity contribution < 1.29 is 17.0 Å². The molecule has 0 saturated carbocycles. The second-order valence-electron chi connectivity index (χ2n) is 2.54. The topological polar surface area (TPSA) is 69.4 Å². The van der Waals surface area contributed by atoms with Crippen molar-refractivity contribution in [1.82, 2.24) is 0 Å². The van der Waals surface area contributed by atoms with E-state index < -0.39 is 16.1 Å². The lowest BCUT2D eigenvalue weighted by Crippen LogP contribution is -2.19. The van der Waals surface area contributed by atoms with Crippen LogP contribution in [0, 0.1) is 12.7 Å². The fourth-order valence-corrected chi connectivity index (χ4v) is 1.25. The van der Waals surface area contributed by atoms with Crippen LogP contribution in [0.3, 0.4) is 0 Å². The molecule has 0 amide bonds. The van der Waals surface area contributed by atoms with E-state index in [1.165, 1.54) is 12.1 Å². The van der Waals surface area contributed by atoms with Gasteiger partial charge in [-0.1, -0.05) is 0 Å². The maximum atomic E-state index is 12.7. The van der Waals surface area contributed by atoms with Gasteiger partial charge >= 0.3 is 10.3 Å². The van der Waals surface area contributed by atoms with Gasteiger partial charge in [0.2, 0.25) is 0 Å². The Hall–Kier alpha value is -1.14. The van der Waals surface area contributed by atoms with Crippen molar-refractivity contribution in [2.75, 3.05) is 0 Å². The molecule has 1 aromatic rings. The highest BCUT2D eigenvalue weighted by molar-refractivity contribution is 7.84. The average Bonchev–Trinajstić information content (AvgIpc) is 1.78. The fourth-order valence-electron chi connectivity index (χ4n) is 0.885. The summed E-state index contributed by atoms with van der Waals surface area (Å²) in [5, 5.41) is 4.60. The van der Waals surface area contributed by atoms with E-state index in [0.717, 1.165) is 6.07 Å². The molecule has 13 heavy (non-hydrogen) atoms. The summed E-state index contributed by atoms with van der Waals surface area (Å²) in [6, 6.07) is 3.56. The smallest absolute Gasteiger partial charge is 0.371 e. The summed E-state index contributed by atoms with van der Waals surface area (Å²) < 4.78 is 37.9. The van der Waals surface area contributed by atoms with Crippen molar-refractivity contribution in [3.63, 3.8) is 0 Å². The number of rotatable bonds is 2. The average molecular weight is 205 g/mol. The fraction of sp³-hybridized carbons (Fsp3) is 0.143. The highest BCUT2D eigenvalue weighted by Gasteiger charge is 2.06. The lowest BCUT2D eigenvalue weighted by molar-refractivity contribution is 0.484. The van der Waals surface area contributed by atoms with Gasteiger partial charge in [0.15, 0.2) is 0 Å². The Morgan fingerprint density at radius 3 is 2.46 bits per heavy atom. The van der Waals surface area contributed by atoms with Crippen LogP contribution < -0.4 is 9.32 Å². The monoisotopic (exact) mass is 205 g/mol. The number of hydrogen-bond acceptors (Lipinski definition) is 3. The van der Waals surface area contributed by atoms with Crippen LogP contribution in [-0.4, -0.2) is 8.42 Å². The summed E-state index contributed by atoms with van der Waals surface area (Å²) >= 11 is 0. The highest BCUT2D eigenvalue weighted by atomic mass is 32.2. The summed E-state index contributed by atoms with van der Waals surface area (Å²) in [5.41, 5.74) is 0.554. The van der Waals surface area contributed by atoms with E-state index in [9.17, 15) is 12.8 Å². The predicted molar refractivity (Wildman–Crippen MR) is 44.9 cm³/mol. The first-order valence-corrected chi connectivity index (χ1v) is 4.83. The number of halogens is 1. The van der Waals surface area contributed by atoms with Gasteiger partial charge in [0.25, 0.3) is 0 Å². The number of benzene rings is 1. The van der Waals surface area contributed by atoms with E-state index in [2.05, 4.69) is 9.32 Å². The summed E-state index contributed by atoms with van der Waals surface area (Å²) in [6.07, 6.45) is 0. The molecular formula is C7H8FNO3S. The van der Waals surface area contributed by atoms with Gasteiger partial charge in [-0.15, -0.1) is 0 Å². The van der Waals surface area contributed by atoms with Crippen molar-refractivity contribution in [1.29, 1.82) is 0 Å². The predicted octanol–water partition coefficient (Wildman–Crippen LogP) is 0.716. The third-order valence-electron chi connectivity index (χ3n) is 1.23. The molecule has 0 saturated heterocycles. The molecule has 0 atom stereocenters. The number of nitrogens with two attached hydrogens (primary N) is 1. The van der Waals surface area contributed by atoms with Gasteiger partial charge in [0.1, 0.15) is 11.6 Å². The third kappa shape index (κ3) is 3.39. The van der Waals surface area contributed by atoms with Crippen LogP contribution in [0.2, 0.25) is 0 Å². The summed E-state index contributed by atoms with van der Waals surface area (Å²) in [6.45, 7) is 1.61. The number of aryl methyl sites for hydroxylation is 1. The molecule has 4 nitrogen and oxygen atoms in total. The van der Waals surface area contributed by atoms with Gasteiger partial charge in [-0.25, -0.2) is 4.39 Å². The molecule has 0 aromatic heterocycles. The van der Waals surface area contributed by atoms with Crippen molar-refractivity contribution in [2.24, 2.45) is 5.14 Å². The first-order valence-electron chi connectivity index (χ1n) is 3.36. The largest absolute Gasteiger partial charge is 0.380 e. The summed E-state index contributed by atoms with van der Waals surface area (Å²) in [7, 11) is -4.08. The first kappa shape index (κ1) is 9.94. The minimum absolute atomic E-state index is 0.125. The van der Waals surface area contributed by atoms with Gasteiger partial charge in [0, 0.05) is 6.07 Å². The van der Waals surface area contributed by atoms with Crippen LogP contribution >= 0.6 is 0 Å². The molecule has 1 rings (SSSR count). The second kappa shape index (κ2) is 3.31. The zero-order chi connectivity index (χ0) is 10.1. The molecular weight excluding hydrogens is 197 g/mol. The van der Waals surface area contributed by atoms with Gasteiger partial charge in [-0.05, 0) is 24.6 Å². The Labute approximate surface area is 75.4 Å². The Morgan fingerprint density at radius 2 is 2.00 bits per heavy atom. The van der Waals surface area contributed by atoms with E-state index >= 15 is 0 Å². The van der Waals surface area contributed by atoms with E-state index in [1.54, 1.807) is 6.92 Å². The van der Waals surface area contributed by atoms with Crippen LogP contribution in [0.25, 0.3) is 0 Å². The van der Waals surface area contributed by atoms with Gasteiger partial charge < -0.3 is 4.18 Å². The van der Waals surface area contributed by atoms with Crippen molar-refractivity contribution in [3.05, 3.63) is 29.6 Å². The zero-order valence-electron chi connectivity index (χ0n) is 6.82. The Balaban J connectivity index is 3.03. The molecule has 2 N–H and O–H groups in total. The molecule has 1 aromatic carbocycles. The lowest BCUT2D eigenvalue weighted by Gasteiger charge is -2.02. The molecule has 72 valence electrons. The van der Waals surface area contributed by atoms with Crippen LogP contribution in [0.15, 0.2) is 18.2 Å². The zero-order valence-corrected chi connectivity index (χ0v) is 7.64. The third-order valence-corrected chi connectivity index (χ3v) is 1.65. The Kier molecular flexibility index (Phi) is 2.53. The summed E-state index contributed by atoms with van der Waals surface area (Å²) in [4.78, 5) is 0. The molecule has 0 fully saturated rings. The molecule has 0 bridgehead atoms. The molecule has 0 aliphatic heterocycles. The highest BCUT2D eigenvalue weighted by Crippen LogP contribution is 2.16. The minimum atomic E-state index is -4.08. The minimum Gasteiger partial charge on any atom is -0.371 e. The standard InChI is InChI=1S/C7H8FNO3S/c1-5-2-6(8)4-7(3-5)12-13(9,10)11/h2-4H,1H3,(H2,9,10,11).